The molecule has 30 heavy (non-hydrogen) atoms. The monoisotopic (exact) mass is 447 g/mol. The van der Waals surface area contributed by atoms with Crippen molar-refractivity contribution in [3.63, 3.8) is 0 Å². The molecule has 11 heteroatoms. The third-order valence-electron chi connectivity index (χ3n) is 4.00. The number of nitrogens with one attached hydrogen (secondary N) is 2. The Morgan fingerprint density at radius 3 is 2.20 bits per heavy atom. The summed E-state index contributed by atoms with van der Waals surface area (Å²) in [7, 11) is 4.44. The van der Waals surface area contributed by atoms with Crippen molar-refractivity contribution in [2.24, 2.45) is 0 Å². The summed E-state index contributed by atoms with van der Waals surface area (Å²) in [5.41, 5.74) is -0.279. The highest BCUT2D eigenvalue weighted by atomic mass is 35.5. The molecule has 0 aliphatic carbocycles. The molecule has 0 radical (unpaired) electrons. The molecule has 0 unspecified atom stereocenters. The average molecular weight is 448 g/mol. The van der Waals surface area contributed by atoms with Crippen LogP contribution in [0.5, 0.6) is 17.2 Å². The summed E-state index contributed by atoms with van der Waals surface area (Å²) in [5, 5.41) is 5.32. The summed E-state index contributed by atoms with van der Waals surface area (Å²) >= 11 is 5.82. The number of halogens is 4. The van der Waals surface area contributed by atoms with Crippen LogP contribution in [0.1, 0.15) is 11.1 Å². The number of alkyl halides is 3. The van der Waals surface area contributed by atoms with Crippen LogP contribution in [-0.4, -0.2) is 45.3 Å². The van der Waals surface area contributed by atoms with E-state index >= 15 is 0 Å². The lowest BCUT2D eigenvalue weighted by Gasteiger charge is -2.14. The molecule has 0 aliphatic heterocycles. The van der Waals surface area contributed by atoms with E-state index in [0.717, 1.165) is 6.07 Å². The molecule has 0 atom stereocenters. The average Bonchev–Trinajstić information content (AvgIpc) is 2.70. The second-order valence-electron chi connectivity index (χ2n) is 6.04. The van der Waals surface area contributed by atoms with E-state index in [4.69, 9.17) is 25.8 Å². The SMILES string of the molecule is COc1cc(CC(=O)NCCNc2ncc(C(F)(F)F)cc2Cl)cc(OC)c1OC. The third kappa shape index (κ3) is 6.06. The topological polar surface area (TPSA) is 81.7 Å². The minimum Gasteiger partial charge on any atom is -0.493 e. The normalized spacial score (nSPS) is 11.0. The number of hydrogen-bond acceptors (Lipinski definition) is 6. The number of amides is 1. The predicted molar refractivity (Wildman–Crippen MR) is 106 cm³/mol. The molecule has 2 N–H and O–H groups in total. The van der Waals surface area contributed by atoms with Crippen LogP contribution in [0.4, 0.5) is 19.0 Å². The van der Waals surface area contributed by atoms with Crippen molar-refractivity contribution in [3.05, 3.63) is 40.5 Å². The van der Waals surface area contributed by atoms with Gasteiger partial charge in [-0.2, -0.15) is 13.2 Å². The Balaban J connectivity index is 1.89. The highest BCUT2D eigenvalue weighted by Crippen LogP contribution is 2.38. The van der Waals surface area contributed by atoms with E-state index in [9.17, 15) is 18.0 Å². The number of benzene rings is 1. The molecule has 2 aromatic rings. The summed E-state index contributed by atoms with van der Waals surface area (Å²) < 4.78 is 53.6. The number of methoxy groups -OCH3 is 3. The van der Waals surface area contributed by atoms with Crippen molar-refractivity contribution < 1.29 is 32.2 Å². The zero-order valence-electron chi connectivity index (χ0n) is 16.5. The molecular weight excluding hydrogens is 427 g/mol. The zero-order valence-corrected chi connectivity index (χ0v) is 17.3. The number of ether oxygens (including phenoxy) is 3. The Kier molecular flexibility index (Phi) is 7.99. The molecule has 1 heterocycles. The maximum absolute atomic E-state index is 12.6. The molecule has 1 aromatic heterocycles. The molecule has 0 saturated heterocycles. The molecule has 0 bridgehead atoms. The fourth-order valence-corrected chi connectivity index (χ4v) is 2.82. The van der Waals surface area contributed by atoms with Crippen LogP contribution in [0.25, 0.3) is 0 Å². The van der Waals surface area contributed by atoms with Crippen LogP contribution < -0.4 is 24.8 Å². The van der Waals surface area contributed by atoms with Gasteiger partial charge in [0.1, 0.15) is 5.82 Å². The highest BCUT2D eigenvalue weighted by molar-refractivity contribution is 6.32. The van der Waals surface area contributed by atoms with Crippen LogP contribution in [0.2, 0.25) is 5.02 Å². The van der Waals surface area contributed by atoms with Crippen molar-refractivity contribution in [1.29, 1.82) is 0 Å². The van der Waals surface area contributed by atoms with Gasteiger partial charge in [0.2, 0.25) is 11.7 Å². The first-order valence-corrected chi connectivity index (χ1v) is 9.09. The molecule has 0 fully saturated rings. The number of aromatic nitrogens is 1. The summed E-state index contributed by atoms with van der Waals surface area (Å²) in [6.45, 7) is 0.432. The first-order chi connectivity index (χ1) is 14.2. The van der Waals surface area contributed by atoms with Crippen molar-refractivity contribution in [2.75, 3.05) is 39.7 Å². The van der Waals surface area contributed by atoms with Gasteiger partial charge in [0.05, 0.1) is 38.3 Å². The van der Waals surface area contributed by atoms with E-state index in [0.29, 0.717) is 29.0 Å². The van der Waals surface area contributed by atoms with Crippen LogP contribution in [-0.2, 0) is 17.4 Å². The maximum Gasteiger partial charge on any atom is 0.417 e. The Bertz CT molecular complexity index is 869. The van der Waals surface area contributed by atoms with Gasteiger partial charge in [-0.15, -0.1) is 0 Å². The summed E-state index contributed by atoms with van der Waals surface area (Å²) in [4.78, 5) is 15.8. The van der Waals surface area contributed by atoms with Gasteiger partial charge in [0.15, 0.2) is 11.5 Å². The lowest BCUT2D eigenvalue weighted by Crippen LogP contribution is -2.30. The van der Waals surface area contributed by atoms with Crippen molar-refractivity contribution >= 4 is 23.3 Å². The van der Waals surface area contributed by atoms with Gasteiger partial charge in [0, 0.05) is 19.3 Å². The lowest BCUT2D eigenvalue weighted by molar-refractivity contribution is -0.137. The van der Waals surface area contributed by atoms with Gasteiger partial charge in [-0.25, -0.2) is 4.98 Å². The molecule has 164 valence electrons. The molecule has 0 aliphatic rings. The first-order valence-electron chi connectivity index (χ1n) is 8.71. The second-order valence-corrected chi connectivity index (χ2v) is 6.45. The summed E-state index contributed by atoms with van der Waals surface area (Å²) in [6.07, 6.45) is -3.76. The van der Waals surface area contributed by atoms with E-state index in [2.05, 4.69) is 15.6 Å². The van der Waals surface area contributed by atoms with Gasteiger partial charge >= 0.3 is 6.18 Å². The quantitative estimate of drug-likeness (QED) is 0.572. The maximum atomic E-state index is 12.6. The van der Waals surface area contributed by atoms with Gasteiger partial charge in [-0.3, -0.25) is 4.79 Å². The second kappa shape index (κ2) is 10.2. The predicted octanol–water partition coefficient (Wildman–Crippen LogP) is 3.55. The molecule has 0 saturated carbocycles. The lowest BCUT2D eigenvalue weighted by atomic mass is 10.1. The van der Waals surface area contributed by atoms with Crippen molar-refractivity contribution in [3.8, 4) is 17.2 Å². The van der Waals surface area contributed by atoms with Crippen LogP contribution in [0, 0.1) is 0 Å². The molecule has 7 nitrogen and oxygen atoms in total. The molecule has 1 aromatic carbocycles. The summed E-state index contributed by atoms with van der Waals surface area (Å²) in [6, 6.07) is 4.14. The molecular formula is C19H21ClF3N3O4. The Morgan fingerprint density at radius 1 is 1.07 bits per heavy atom. The number of rotatable bonds is 9. The van der Waals surface area contributed by atoms with E-state index in [1.165, 1.54) is 21.3 Å². The standard InChI is InChI=1S/C19H21ClF3N3O4/c1-28-14-6-11(7-15(29-2)17(14)30-3)8-16(27)24-4-5-25-18-13(20)9-12(10-26-18)19(21,22)23/h6-7,9-10H,4-5,8H2,1-3H3,(H,24,27)(H,25,26). The Labute approximate surface area is 176 Å². The number of nitrogens with zero attached hydrogens (tertiary/aromatic N) is 1. The minimum atomic E-state index is -4.52. The van der Waals surface area contributed by atoms with E-state index in [-0.39, 0.29) is 36.3 Å². The largest absolute Gasteiger partial charge is 0.493 e. The number of pyridine rings is 1. The molecule has 2 rings (SSSR count). The number of carbonyl (C=O) groups is 1. The van der Waals surface area contributed by atoms with Gasteiger partial charge < -0.3 is 24.8 Å². The fraction of sp³-hybridized carbons (Fsp3) is 0.368. The van der Waals surface area contributed by atoms with Gasteiger partial charge in [-0.05, 0) is 23.8 Å². The van der Waals surface area contributed by atoms with E-state index in [1.807, 2.05) is 0 Å². The van der Waals surface area contributed by atoms with Crippen LogP contribution in [0.15, 0.2) is 24.4 Å². The van der Waals surface area contributed by atoms with Crippen LogP contribution in [0.3, 0.4) is 0 Å². The first kappa shape index (κ1) is 23.4. The Hall–Kier alpha value is -2.88. The van der Waals surface area contributed by atoms with E-state index in [1.54, 1.807) is 12.1 Å². The smallest absolute Gasteiger partial charge is 0.417 e. The van der Waals surface area contributed by atoms with Crippen molar-refractivity contribution in [1.82, 2.24) is 10.3 Å². The number of anilines is 1. The fourth-order valence-electron chi connectivity index (χ4n) is 2.59. The van der Waals surface area contributed by atoms with E-state index < -0.39 is 11.7 Å². The van der Waals surface area contributed by atoms with Gasteiger partial charge in [-0.1, -0.05) is 11.6 Å². The van der Waals surface area contributed by atoms with Gasteiger partial charge in [0.25, 0.3) is 0 Å². The Morgan fingerprint density at radius 2 is 1.70 bits per heavy atom. The number of carbonyl (C=O) groups excluding carboxylic acids is 1. The third-order valence-corrected chi connectivity index (χ3v) is 4.29. The summed E-state index contributed by atoms with van der Waals surface area (Å²) in [5.74, 6) is 1.13. The van der Waals surface area contributed by atoms with Crippen LogP contribution >= 0.6 is 11.6 Å². The highest BCUT2D eigenvalue weighted by Gasteiger charge is 2.31. The van der Waals surface area contributed by atoms with Crippen molar-refractivity contribution in [2.45, 2.75) is 12.6 Å². The minimum absolute atomic E-state index is 0.0655. The zero-order chi connectivity index (χ0) is 22.3. The molecule has 0 spiro atoms. The molecule has 1 amide bonds. The number of hydrogen-bond donors (Lipinski definition) is 2.